The number of hydrogen-bond donors (Lipinski definition) is 2. The standard InChI is InChI=1S/C32H34N4O8/c1-6-9-10-19-25(44-31(41)35(5)14-13-34(4)30(39)40)12-11-23-26(19)18(7-2)20-16-36-24(27(20)33-23)15-22-21(28(36)37)17-43-29(38)32(22,42)8-3/h1,11-12,15,42H,7-10,13-14,16-17H2,2-5H3,(H,39,40). The lowest BCUT2D eigenvalue weighted by atomic mass is 9.86. The number of carboxylic acid groups (broad SMARTS) is 1. The Bertz CT molecular complexity index is 1810. The number of likely N-dealkylation sites (N-methyl/N-ethyl adjacent to an activating group) is 2. The van der Waals surface area contributed by atoms with Crippen molar-refractivity contribution in [1.29, 1.82) is 0 Å². The topological polar surface area (TPSA) is 152 Å². The number of hydrogen-bond acceptors (Lipinski definition) is 8. The highest BCUT2D eigenvalue weighted by Crippen LogP contribution is 2.42. The quantitative estimate of drug-likeness (QED) is 0.229. The predicted octanol–water partition coefficient (Wildman–Crippen LogP) is 3.25. The highest BCUT2D eigenvalue weighted by molar-refractivity contribution is 5.93. The second-order valence-corrected chi connectivity index (χ2v) is 11.0. The molecule has 1 atom stereocenters. The number of esters is 1. The van der Waals surface area contributed by atoms with Gasteiger partial charge in [0.2, 0.25) is 0 Å². The normalized spacial score (nSPS) is 16.4. The van der Waals surface area contributed by atoms with Gasteiger partial charge in [0, 0.05) is 55.7 Å². The Balaban J connectivity index is 1.61. The maximum Gasteiger partial charge on any atom is 0.415 e. The molecule has 1 aromatic carbocycles. The van der Waals surface area contributed by atoms with Gasteiger partial charge < -0.3 is 34.1 Å². The number of terminal acetylenes is 1. The summed E-state index contributed by atoms with van der Waals surface area (Å²) in [5, 5.41) is 21.1. The van der Waals surface area contributed by atoms with Gasteiger partial charge in [-0.25, -0.2) is 19.4 Å². The minimum absolute atomic E-state index is 0.0470. The molecule has 5 rings (SSSR count). The molecule has 0 saturated carbocycles. The SMILES string of the molecule is C#CCCc1c(OC(=O)N(C)CCN(C)C(=O)O)ccc2nc3c(c(CC)c12)Cn1c-3cc2c(c1=O)COC(=O)C2(O)CC. The molecule has 230 valence electrons. The van der Waals surface area contributed by atoms with Crippen LogP contribution in [0.4, 0.5) is 9.59 Å². The van der Waals surface area contributed by atoms with Crippen LogP contribution >= 0.6 is 0 Å². The highest BCUT2D eigenvalue weighted by atomic mass is 16.6. The molecular weight excluding hydrogens is 568 g/mol. The van der Waals surface area contributed by atoms with Crippen molar-refractivity contribution in [3.63, 3.8) is 0 Å². The number of rotatable bonds is 8. The van der Waals surface area contributed by atoms with Gasteiger partial charge in [0.05, 0.1) is 29.0 Å². The van der Waals surface area contributed by atoms with Crippen LogP contribution in [0.5, 0.6) is 5.75 Å². The number of cyclic esters (lactones) is 1. The minimum atomic E-state index is -1.92. The van der Waals surface area contributed by atoms with Gasteiger partial charge in [-0.1, -0.05) is 13.8 Å². The van der Waals surface area contributed by atoms with Crippen molar-refractivity contribution in [1.82, 2.24) is 19.4 Å². The van der Waals surface area contributed by atoms with Crippen LogP contribution in [-0.4, -0.2) is 74.9 Å². The van der Waals surface area contributed by atoms with E-state index in [0.717, 1.165) is 21.4 Å². The van der Waals surface area contributed by atoms with E-state index in [2.05, 4.69) is 5.92 Å². The van der Waals surface area contributed by atoms with Gasteiger partial charge in [-0.05, 0) is 43.0 Å². The smallest absolute Gasteiger partial charge is 0.415 e. The van der Waals surface area contributed by atoms with Gasteiger partial charge >= 0.3 is 18.2 Å². The first-order valence-electron chi connectivity index (χ1n) is 14.4. The van der Waals surface area contributed by atoms with E-state index in [0.29, 0.717) is 47.5 Å². The number of aryl methyl sites for hydroxylation is 2. The molecule has 0 bridgehead atoms. The van der Waals surface area contributed by atoms with Crippen molar-refractivity contribution in [2.45, 2.75) is 58.3 Å². The lowest BCUT2D eigenvalue weighted by Gasteiger charge is -2.31. The third kappa shape index (κ3) is 4.93. The molecule has 2 N–H and O–H groups in total. The van der Waals surface area contributed by atoms with Crippen LogP contribution in [-0.2, 0) is 41.1 Å². The second-order valence-electron chi connectivity index (χ2n) is 11.0. The summed E-state index contributed by atoms with van der Waals surface area (Å²) in [6, 6.07) is 5.08. The number of pyridine rings is 2. The molecule has 12 nitrogen and oxygen atoms in total. The van der Waals surface area contributed by atoms with Crippen molar-refractivity contribution in [2.75, 3.05) is 27.2 Å². The van der Waals surface area contributed by atoms with Gasteiger partial charge in [-0.2, -0.15) is 0 Å². The molecule has 2 aliphatic rings. The molecule has 0 aliphatic carbocycles. The molecule has 0 saturated heterocycles. The maximum atomic E-state index is 13.7. The first-order valence-corrected chi connectivity index (χ1v) is 14.4. The molecule has 2 aliphatic heterocycles. The Morgan fingerprint density at radius 2 is 1.89 bits per heavy atom. The van der Waals surface area contributed by atoms with Crippen LogP contribution in [0.2, 0.25) is 0 Å². The van der Waals surface area contributed by atoms with E-state index >= 15 is 0 Å². The van der Waals surface area contributed by atoms with Gasteiger partial charge in [0.15, 0.2) is 5.60 Å². The van der Waals surface area contributed by atoms with Crippen molar-refractivity contribution in [3.05, 3.63) is 56.4 Å². The minimum Gasteiger partial charge on any atom is -0.465 e. The van der Waals surface area contributed by atoms with E-state index in [9.17, 15) is 24.3 Å². The summed E-state index contributed by atoms with van der Waals surface area (Å²) >= 11 is 0. The lowest BCUT2D eigenvalue weighted by molar-refractivity contribution is -0.172. The predicted molar refractivity (Wildman–Crippen MR) is 160 cm³/mol. The number of nitrogens with zero attached hydrogens (tertiary/aromatic N) is 4. The van der Waals surface area contributed by atoms with E-state index < -0.39 is 23.8 Å². The van der Waals surface area contributed by atoms with Gasteiger partial charge in [0.1, 0.15) is 12.4 Å². The number of aromatic nitrogens is 2. The molecule has 4 heterocycles. The van der Waals surface area contributed by atoms with Crippen molar-refractivity contribution < 1.29 is 34.1 Å². The zero-order chi connectivity index (χ0) is 31.9. The number of fused-ring (bicyclic) bond motifs is 5. The Morgan fingerprint density at radius 1 is 1.16 bits per heavy atom. The number of amides is 2. The summed E-state index contributed by atoms with van der Waals surface area (Å²) in [5.74, 6) is 2.18. The van der Waals surface area contributed by atoms with Gasteiger partial charge in [-0.15, -0.1) is 12.3 Å². The molecule has 2 amide bonds. The lowest BCUT2D eigenvalue weighted by Crippen LogP contribution is -2.44. The average Bonchev–Trinajstić information content (AvgIpc) is 3.38. The Morgan fingerprint density at radius 3 is 2.55 bits per heavy atom. The second kappa shape index (κ2) is 11.7. The van der Waals surface area contributed by atoms with Crippen LogP contribution in [0.25, 0.3) is 22.3 Å². The molecule has 0 fully saturated rings. The van der Waals surface area contributed by atoms with Crippen LogP contribution in [0.15, 0.2) is 23.0 Å². The zero-order valence-corrected chi connectivity index (χ0v) is 25.1. The third-order valence-electron chi connectivity index (χ3n) is 8.51. The van der Waals surface area contributed by atoms with E-state index in [1.54, 1.807) is 29.7 Å². The molecule has 0 spiro atoms. The van der Waals surface area contributed by atoms with Crippen molar-refractivity contribution in [2.24, 2.45) is 0 Å². The zero-order valence-electron chi connectivity index (χ0n) is 25.1. The summed E-state index contributed by atoms with van der Waals surface area (Å²) in [5.41, 5.74) is 2.39. The van der Waals surface area contributed by atoms with Crippen molar-refractivity contribution in [3.8, 4) is 29.5 Å². The maximum absolute atomic E-state index is 13.7. The molecule has 44 heavy (non-hydrogen) atoms. The Kier molecular flexibility index (Phi) is 8.09. The van der Waals surface area contributed by atoms with Crippen LogP contribution in [0.1, 0.15) is 54.5 Å². The van der Waals surface area contributed by atoms with E-state index in [1.165, 1.54) is 19.0 Å². The number of aliphatic hydroxyl groups is 1. The number of carbonyl (C=O) groups is 3. The summed E-state index contributed by atoms with van der Waals surface area (Å²) in [6.07, 6.45) is 5.27. The van der Waals surface area contributed by atoms with E-state index in [4.69, 9.17) is 26.0 Å². The van der Waals surface area contributed by atoms with Crippen LogP contribution in [0, 0.1) is 12.3 Å². The molecule has 0 radical (unpaired) electrons. The average molecular weight is 603 g/mol. The molecule has 12 heteroatoms. The highest BCUT2D eigenvalue weighted by Gasteiger charge is 2.45. The summed E-state index contributed by atoms with van der Waals surface area (Å²) < 4.78 is 12.6. The van der Waals surface area contributed by atoms with Crippen molar-refractivity contribution >= 4 is 29.1 Å². The third-order valence-corrected chi connectivity index (χ3v) is 8.51. The van der Waals surface area contributed by atoms with Gasteiger partial charge in [-0.3, -0.25) is 4.79 Å². The Hall–Kier alpha value is -4.89. The van der Waals surface area contributed by atoms with E-state index in [-0.39, 0.29) is 49.3 Å². The number of ether oxygens (including phenoxy) is 2. The summed E-state index contributed by atoms with van der Waals surface area (Å²) in [4.78, 5) is 57.7. The number of benzene rings is 1. The fourth-order valence-corrected chi connectivity index (χ4v) is 5.91. The Labute approximate surface area is 253 Å². The van der Waals surface area contributed by atoms with Gasteiger partial charge in [0.25, 0.3) is 5.56 Å². The molecule has 3 aromatic rings. The fraction of sp³-hybridized carbons (Fsp3) is 0.406. The largest absolute Gasteiger partial charge is 0.465 e. The summed E-state index contributed by atoms with van der Waals surface area (Å²) in [7, 11) is 2.94. The van der Waals surface area contributed by atoms with Crippen LogP contribution in [0.3, 0.4) is 0 Å². The molecule has 2 aromatic heterocycles. The molecular formula is C32H34N4O8. The molecule has 1 unspecified atom stereocenters. The summed E-state index contributed by atoms with van der Waals surface area (Å²) in [6.45, 7) is 3.91. The monoisotopic (exact) mass is 602 g/mol. The number of carbonyl (C=O) groups excluding carboxylic acids is 2. The fourth-order valence-electron chi connectivity index (χ4n) is 5.91. The first kappa shape index (κ1) is 30.6. The van der Waals surface area contributed by atoms with E-state index in [1.807, 2.05) is 6.92 Å². The van der Waals surface area contributed by atoms with Crippen LogP contribution < -0.4 is 10.3 Å². The first-order chi connectivity index (χ1) is 21.0.